The molecular weight excluding hydrogens is 308 g/mol. The molecule has 0 heterocycles. The Morgan fingerprint density at radius 3 is 2.62 bits per heavy atom. The lowest BCUT2D eigenvalue weighted by Crippen LogP contribution is -2.42. The number of amides is 2. The Labute approximate surface area is 142 Å². The molecule has 1 aromatic rings. The van der Waals surface area contributed by atoms with Crippen molar-refractivity contribution in [2.45, 2.75) is 45.1 Å². The summed E-state index contributed by atoms with van der Waals surface area (Å²) in [7, 11) is 1.50. The summed E-state index contributed by atoms with van der Waals surface area (Å²) in [4.78, 5) is 24.0. The number of hydrogen-bond donors (Lipinski definition) is 3. The number of anilines is 1. The number of nitrogens with one attached hydrogen (secondary N) is 2. The molecule has 24 heavy (non-hydrogen) atoms. The molecule has 1 fully saturated rings. The lowest BCUT2D eigenvalue weighted by molar-refractivity contribution is -0.136. The van der Waals surface area contributed by atoms with E-state index in [1.807, 2.05) is 13.0 Å². The van der Waals surface area contributed by atoms with Crippen LogP contribution in [0.5, 0.6) is 5.75 Å². The van der Waals surface area contributed by atoms with Gasteiger partial charge in [-0.05, 0) is 43.4 Å². The maximum Gasteiger partial charge on any atom is 0.313 e. The summed E-state index contributed by atoms with van der Waals surface area (Å²) in [5.74, 6) is -0.828. The lowest BCUT2D eigenvalue weighted by Gasteiger charge is -2.26. The average Bonchev–Trinajstić information content (AvgIpc) is 2.60. The van der Waals surface area contributed by atoms with Crippen molar-refractivity contribution < 1.29 is 19.4 Å². The summed E-state index contributed by atoms with van der Waals surface area (Å²) >= 11 is 0. The van der Waals surface area contributed by atoms with Gasteiger partial charge in [-0.3, -0.25) is 9.59 Å². The molecule has 0 radical (unpaired) electrons. The quantitative estimate of drug-likeness (QED) is 0.719. The third-order valence-electron chi connectivity index (χ3n) is 4.48. The standard InChI is InChI=1S/C18H26N2O4/c1-12-8-9-16(24-2)14(10-12)20-18(23)17(22)19-11-15(21)13-6-4-3-5-7-13/h8-10,13,15,21H,3-7,11H2,1-2H3,(H,19,22)(H,20,23)/t15-/m0/s1. The Balaban J connectivity index is 1.86. The van der Waals surface area contributed by atoms with Crippen LogP contribution in [-0.2, 0) is 9.59 Å². The Morgan fingerprint density at radius 1 is 1.25 bits per heavy atom. The van der Waals surface area contributed by atoms with Gasteiger partial charge in [0.2, 0.25) is 0 Å². The van der Waals surface area contributed by atoms with Crippen LogP contribution in [0.15, 0.2) is 18.2 Å². The van der Waals surface area contributed by atoms with Crippen LogP contribution >= 0.6 is 0 Å². The number of benzene rings is 1. The molecule has 0 spiro atoms. The first-order valence-corrected chi connectivity index (χ1v) is 8.43. The molecule has 6 nitrogen and oxygen atoms in total. The largest absolute Gasteiger partial charge is 0.495 e. The van der Waals surface area contributed by atoms with Crippen LogP contribution < -0.4 is 15.4 Å². The van der Waals surface area contributed by atoms with Gasteiger partial charge in [-0.25, -0.2) is 0 Å². The highest BCUT2D eigenvalue weighted by atomic mass is 16.5. The predicted molar refractivity (Wildman–Crippen MR) is 92.0 cm³/mol. The monoisotopic (exact) mass is 334 g/mol. The molecule has 2 amide bonds. The first-order chi connectivity index (χ1) is 11.5. The number of methoxy groups -OCH3 is 1. The van der Waals surface area contributed by atoms with Gasteiger partial charge in [0.05, 0.1) is 18.9 Å². The normalized spacial score (nSPS) is 16.3. The Kier molecular flexibility index (Phi) is 6.61. The van der Waals surface area contributed by atoms with Crippen LogP contribution in [0.25, 0.3) is 0 Å². The lowest BCUT2D eigenvalue weighted by atomic mass is 9.85. The van der Waals surface area contributed by atoms with Crippen LogP contribution in [-0.4, -0.2) is 36.7 Å². The molecule has 0 aliphatic heterocycles. The number of carbonyl (C=O) groups excluding carboxylic acids is 2. The van der Waals surface area contributed by atoms with Crippen molar-refractivity contribution in [3.63, 3.8) is 0 Å². The molecule has 132 valence electrons. The van der Waals surface area contributed by atoms with E-state index in [2.05, 4.69) is 10.6 Å². The first kappa shape index (κ1) is 18.3. The van der Waals surface area contributed by atoms with E-state index in [4.69, 9.17) is 4.74 Å². The fourth-order valence-electron chi connectivity index (χ4n) is 3.06. The van der Waals surface area contributed by atoms with Gasteiger partial charge in [-0.15, -0.1) is 0 Å². The zero-order chi connectivity index (χ0) is 17.5. The van der Waals surface area contributed by atoms with Crippen molar-refractivity contribution in [2.24, 2.45) is 5.92 Å². The predicted octanol–water partition coefficient (Wildman–Crippen LogP) is 2.00. The maximum atomic E-state index is 12.0. The molecule has 1 atom stereocenters. The second-order valence-corrected chi connectivity index (χ2v) is 6.33. The van der Waals surface area contributed by atoms with Crippen molar-refractivity contribution in [1.82, 2.24) is 5.32 Å². The number of aryl methyl sites for hydroxylation is 1. The SMILES string of the molecule is COc1ccc(C)cc1NC(=O)C(=O)NC[C@H](O)C1CCCCC1. The Morgan fingerprint density at radius 2 is 1.96 bits per heavy atom. The van der Waals surface area contributed by atoms with Crippen LogP contribution in [0.2, 0.25) is 0 Å². The van der Waals surface area contributed by atoms with E-state index >= 15 is 0 Å². The van der Waals surface area contributed by atoms with Crippen molar-refractivity contribution in [2.75, 3.05) is 19.0 Å². The molecule has 3 N–H and O–H groups in total. The maximum absolute atomic E-state index is 12.0. The molecule has 0 bridgehead atoms. The van der Waals surface area contributed by atoms with Gasteiger partial charge in [0.15, 0.2) is 0 Å². The van der Waals surface area contributed by atoms with E-state index in [1.54, 1.807) is 12.1 Å². The van der Waals surface area contributed by atoms with Gasteiger partial charge >= 0.3 is 11.8 Å². The van der Waals surface area contributed by atoms with Gasteiger partial charge in [0.1, 0.15) is 5.75 Å². The number of rotatable bonds is 5. The summed E-state index contributed by atoms with van der Waals surface area (Å²) in [6, 6.07) is 5.33. The van der Waals surface area contributed by atoms with Gasteiger partial charge in [-0.1, -0.05) is 25.3 Å². The molecule has 0 saturated heterocycles. The third-order valence-corrected chi connectivity index (χ3v) is 4.48. The minimum atomic E-state index is -0.769. The summed E-state index contributed by atoms with van der Waals surface area (Å²) < 4.78 is 5.17. The molecule has 1 saturated carbocycles. The smallest absolute Gasteiger partial charge is 0.313 e. The van der Waals surface area contributed by atoms with Crippen molar-refractivity contribution in [3.8, 4) is 5.75 Å². The highest BCUT2D eigenvalue weighted by molar-refractivity contribution is 6.39. The fourth-order valence-corrected chi connectivity index (χ4v) is 3.06. The zero-order valence-electron chi connectivity index (χ0n) is 14.3. The number of aliphatic hydroxyl groups is 1. The van der Waals surface area contributed by atoms with E-state index in [9.17, 15) is 14.7 Å². The Bertz CT molecular complexity index is 582. The van der Waals surface area contributed by atoms with E-state index in [-0.39, 0.29) is 12.5 Å². The van der Waals surface area contributed by atoms with Crippen molar-refractivity contribution in [1.29, 1.82) is 0 Å². The zero-order valence-corrected chi connectivity index (χ0v) is 14.3. The molecule has 2 rings (SSSR count). The molecule has 0 aromatic heterocycles. The third kappa shape index (κ3) is 4.96. The second kappa shape index (κ2) is 8.68. The number of carbonyl (C=O) groups is 2. The Hall–Kier alpha value is -2.08. The molecule has 0 unspecified atom stereocenters. The van der Waals surface area contributed by atoms with E-state index in [0.29, 0.717) is 11.4 Å². The van der Waals surface area contributed by atoms with Crippen molar-refractivity contribution >= 4 is 17.5 Å². The number of ether oxygens (including phenoxy) is 1. The molecule has 1 aliphatic rings. The summed E-state index contributed by atoms with van der Waals surface area (Å²) in [6.07, 6.45) is 4.78. The molecule has 6 heteroatoms. The van der Waals surface area contributed by atoms with Gasteiger partial charge < -0.3 is 20.5 Å². The van der Waals surface area contributed by atoms with E-state index in [0.717, 1.165) is 31.2 Å². The topological polar surface area (TPSA) is 87.7 Å². The minimum absolute atomic E-state index is 0.0991. The van der Waals surface area contributed by atoms with Crippen LogP contribution in [0.4, 0.5) is 5.69 Å². The van der Waals surface area contributed by atoms with Gasteiger partial charge in [0, 0.05) is 6.54 Å². The van der Waals surface area contributed by atoms with E-state index in [1.165, 1.54) is 13.5 Å². The van der Waals surface area contributed by atoms with Crippen LogP contribution in [0.1, 0.15) is 37.7 Å². The number of aliphatic hydroxyl groups excluding tert-OH is 1. The summed E-state index contributed by atoms with van der Waals surface area (Å²) in [5, 5.41) is 15.2. The van der Waals surface area contributed by atoms with Gasteiger partial charge in [-0.2, -0.15) is 0 Å². The first-order valence-electron chi connectivity index (χ1n) is 8.43. The highest BCUT2D eigenvalue weighted by Crippen LogP contribution is 2.26. The van der Waals surface area contributed by atoms with Crippen LogP contribution in [0, 0.1) is 12.8 Å². The average molecular weight is 334 g/mol. The fraction of sp³-hybridized carbons (Fsp3) is 0.556. The van der Waals surface area contributed by atoms with Crippen LogP contribution in [0.3, 0.4) is 0 Å². The summed E-state index contributed by atoms with van der Waals surface area (Å²) in [5.41, 5.74) is 1.39. The summed E-state index contributed by atoms with van der Waals surface area (Å²) in [6.45, 7) is 1.98. The molecule has 1 aliphatic carbocycles. The van der Waals surface area contributed by atoms with Gasteiger partial charge in [0.25, 0.3) is 0 Å². The molecular formula is C18H26N2O4. The second-order valence-electron chi connectivity index (χ2n) is 6.33. The molecule has 1 aromatic carbocycles. The highest BCUT2D eigenvalue weighted by Gasteiger charge is 2.23. The van der Waals surface area contributed by atoms with Crippen molar-refractivity contribution in [3.05, 3.63) is 23.8 Å². The van der Waals surface area contributed by atoms with E-state index < -0.39 is 17.9 Å². The number of hydrogen-bond acceptors (Lipinski definition) is 4. The minimum Gasteiger partial charge on any atom is -0.495 e.